The third-order valence-electron chi connectivity index (χ3n) is 7.32. The Morgan fingerprint density at radius 1 is 1.18 bits per heavy atom. The Morgan fingerprint density at radius 3 is 2.68 bits per heavy atom. The summed E-state index contributed by atoms with van der Waals surface area (Å²) in [5.41, 5.74) is 8.78. The Hall–Kier alpha value is -2.31. The average Bonchev–Trinajstić information content (AvgIpc) is 2.81. The van der Waals surface area contributed by atoms with Crippen LogP contribution in [0.15, 0.2) is 53.4 Å². The van der Waals surface area contributed by atoms with Gasteiger partial charge < -0.3 is 11.1 Å². The fourth-order valence-electron chi connectivity index (χ4n) is 5.44. The van der Waals surface area contributed by atoms with Crippen molar-refractivity contribution >= 4 is 23.7 Å². The second kappa shape index (κ2) is 11.0. The molecule has 1 amide bonds. The van der Waals surface area contributed by atoms with E-state index in [1.807, 2.05) is 34.6 Å². The van der Waals surface area contributed by atoms with Gasteiger partial charge in [0.25, 0.3) is 0 Å². The summed E-state index contributed by atoms with van der Waals surface area (Å²) in [6.45, 7) is 5.22. The highest BCUT2D eigenvalue weighted by Gasteiger charge is 2.34. The van der Waals surface area contributed by atoms with E-state index in [1.165, 1.54) is 42.6 Å². The molecule has 3 unspecified atom stereocenters. The van der Waals surface area contributed by atoms with Crippen LogP contribution in [0.1, 0.15) is 87.8 Å². The molecule has 6 heteroatoms. The van der Waals surface area contributed by atoms with Crippen molar-refractivity contribution in [3.8, 4) is 0 Å². The highest BCUT2D eigenvalue weighted by atomic mass is 32.2. The minimum absolute atomic E-state index is 0.0618. The first-order valence-electron chi connectivity index (χ1n) is 12.6. The van der Waals surface area contributed by atoms with Gasteiger partial charge in [-0.15, -0.1) is 0 Å². The molecule has 182 valence electrons. The first kappa shape index (κ1) is 24.8. The second-order valence-corrected chi connectivity index (χ2v) is 11.3. The van der Waals surface area contributed by atoms with Gasteiger partial charge in [0, 0.05) is 22.0 Å². The van der Waals surface area contributed by atoms with Crippen LogP contribution in [0, 0.1) is 5.41 Å². The zero-order valence-electron chi connectivity index (χ0n) is 20.5. The molecule has 0 radical (unpaired) electrons. The van der Waals surface area contributed by atoms with Gasteiger partial charge in [-0.1, -0.05) is 68.1 Å². The van der Waals surface area contributed by atoms with E-state index in [0.29, 0.717) is 18.2 Å². The number of nitrogen functional groups attached to an aromatic ring is 1. The van der Waals surface area contributed by atoms with Crippen molar-refractivity contribution in [2.75, 3.05) is 0 Å². The minimum atomic E-state index is -0.0719. The largest absolute Gasteiger partial charge is 0.384 e. The number of nitrogens with one attached hydrogen (secondary N) is 2. The van der Waals surface area contributed by atoms with Crippen LogP contribution < -0.4 is 11.1 Å². The lowest BCUT2D eigenvalue weighted by atomic mass is 9.83. The quantitative estimate of drug-likeness (QED) is 0.179. The molecule has 0 spiro atoms. The van der Waals surface area contributed by atoms with E-state index in [2.05, 4.69) is 37.4 Å². The lowest BCUT2D eigenvalue weighted by molar-refractivity contribution is -0.128. The maximum atomic E-state index is 13.5. The molecule has 2 aromatic rings. The smallest absolute Gasteiger partial charge is 0.240 e. The number of hydrogen-bond donors (Lipinski definition) is 3. The molecule has 2 aliphatic heterocycles. The number of benzene rings is 2. The lowest BCUT2D eigenvalue weighted by Gasteiger charge is -2.39. The molecule has 0 bridgehead atoms. The molecule has 2 heterocycles. The van der Waals surface area contributed by atoms with E-state index in [4.69, 9.17) is 11.1 Å². The Balaban J connectivity index is 1.36. The van der Waals surface area contributed by atoms with E-state index in [0.717, 1.165) is 24.8 Å². The van der Waals surface area contributed by atoms with Gasteiger partial charge in [0.1, 0.15) is 5.84 Å². The molecule has 4 rings (SSSR count). The number of nitrogens with zero attached hydrogens (tertiary/aromatic N) is 1. The minimum Gasteiger partial charge on any atom is -0.384 e. The number of unbranched alkanes of at least 4 members (excludes halogenated alkanes) is 2. The molecule has 34 heavy (non-hydrogen) atoms. The first-order valence-corrected chi connectivity index (χ1v) is 13.4. The highest BCUT2D eigenvalue weighted by molar-refractivity contribution is 7.97. The monoisotopic (exact) mass is 478 g/mol. The van der Waals surface area contributed by atoms with Crippen LogP contribution in [0.4, 0.5) is 0 Å². The highest BCUT2D eigenvalue weighted by Crippen LogP contribution is 2.42. The van der Waals surface area contributed by atoms with Gasteiger partial charge in [-0.05, 0) is 68.7 Å². The number of carbonyl (C=O) groups excluding carboxylic acids is 1. The average molecular weight is 479 g/mol. The van der Waals surface area contributed by atoms with Gasteiger partial charge in [0.05, 0.1) is 12.5 Å². The van der Waals surface area contributed by atoms with Crippen molar-refractivity contribution in [2.24, 2.45) is 5.73 Å². The van der Waals surface area contributed by atoms with E-state index >= 15 is 0 Å². The number of fused-ring (bicyclic) bond motifs is 1. The normalized spacial score (nSPS) is 24.6. The Morgan fingerprint density at radius 2 is 1.94 bits per heavy atom. The standard InChI is InChI=1S/C28H38N4OS/c1-20-9-8-18-28(2,31-20)17-7-3-4-11-24-23-10-5-6-12-25(23)34-32(27(24)33)19-21-13-15-22(16-14-21)26(29)30/h5-6,10,12-16,20,24,31H,3-4,7-9,11,17-19H2,1-2H3,(H3,29,30). The van der Waals surface area contributed by atoms with E-state index < -0.39 is 0 Å². The number of hydrogen-bond acceptors (Lipinski definition) is 4. The summed E-state index contributed by atoms with van der Waals surface area (Å²) in [7, 11) is 0. The maximum Gasteiger partial charge on any atom is 0.240 e. The van der Waals surface area contributed by atoms with Crippen molar-refractivity contribution in [1.82, 2.24) is 9.62 Å². The molecule has 0 aliphatic carbocycles. The number of nitrogens with two attached hydrogens (primary N) is 1. The summed E-state index contributed by atoms with van der Waals surface area (Å²) in [4.78, 5) is 14.7. The van der Waals surface area contributed by atoms with E-state index in [-0.39, 0.29) is 23.2 Å². The molecule has 4 N–H and O–H groups in total. The zero-order valence-corrected chi connectivity index (χ0v) is 21.3. The van der Waals surface area contributed by atoms with Crippen molar-refractivity contribution < 1.29 is 4.79 Å². The third kappa shape index (κ3) is 6.02. The van der Waals surface area contributed by atoms with Gasteiger partial charge in [-0.3, -0.25) is 14.5 Å². The topological polar surface area (TPSA) is 82.2 Å². The zero-order chi connectivity index (χ0) is 24.1. The molecular weight excluding hydrogens is 440 g/mol. The van der Waals surface area contributed by atoms with Gasteiger partial charge >= 0.3 is 0 Å². The summed E-state index contributed by atoms with van der Waals surface area (Å²) in [6.07, 6.45) is 9.43. The van der Waals surface area contributed by atoms with Crippen LogP contribution in [0.5, 0.6) is 0 Å². The molecular formula is C28H38N4OS. The van der Waals surface area contributed by atoms with Crippen LogP contribution in [-0.2, 0) is 11.3 Å². The molecule has 5 nitrogen and oxygen atoms in total. The summed E-state index contributed by atoms with van der Waals surface area (Å²) in [5.74, 6) is 0.193. The first-order chi connectivity index (χ1) is 16.3. The Kier molecular flexibility index (Phi) is 7.99. The Labute approximate surface area is 208 Å². The van der Waals surface area contributed by atoms with Gasteiger partial charge in [-0.2, -0.15) is 0 Å². The van der Waals surface area contributed by atoms with Crippen LogP contribution in [0.2, 0.25) is 0 Å². The summed E-state index contributed by atoms with van der Waals surface area (Å²) in [6, 6.07) is 16.6. The molecule has 3 atom stereocenters. The fraction of sp³-hybridized carbons (Fsp3) is 0.500. The Bertz CT molecular complexity index is 1010. The summed E-state index contributed by atoms with van der Waals surface area (Å²) >= 11 is 1.54. The van der Waals surface area contributed by atoms with Crippen LogP contribution in [0.3, 0.4) is 0 Å². The molecule has 1 saturated heterocycles. The third-order valence-corrected chi connectivity index (χ3v) is 8.42. The van der Waals surface area contributed by atoms with Gasteiger partial charge in [0.2, 0.25) is 5.91 Å². The van der Waals surface area contributed by atoms with Gasteiger partial charge in [0.15, 0.2) is 0 Å². The maximum absolute atomic E-state index is 13.5. The van der Waals surface area contributed by atoms with Crippen molar-refractivity contribution in [3.63, 3.8) is 0 Å². The number of amidine groups is 1. The number of carbonyl (C=O) groups is 1. The van der Waals surface area contributed by atoms with Gasteiger partial charge in [-0.25, -0.2) is 0 Å². The number of piperidine rings is 1. The van der Waals surface area contributed by atoms with Crippen LogP contribution >= 0.6 is 11.9 Å². The number of rotatable bonds is 9. The fourth-order valence-corrected chi connectivity index (χ4v) is 6.57. The summed E-state index contributed by atoms with van der Waals surface area (Å²) in [5, 5.41) is 11.4. The van der Waals surface area contributed by atoms with E-state index in [1.54, 1.807) is 11.9 Å². The van der Waals surface area contributed by atoms with E-state index in [9.17, 15) is 4.79 Å². The molecule has 0 aromatic heterocycles. The van der Waals surface area contributed by atoms with Crippen LogP contribution in [0.25, 0.3) is 0 Å². The van der Waals surface area contributed by atoms with Crippen LogP contribution in [-0.4, -0.2) is 27.6 Å². The molecule has 2 aromatic carbocycles. The SMILES string of the molecule is CC1CCCC(C)(CCCCCC2C(=O)N(Cc3ccc(C(=N)N)cc3)Sc3ccccc32)N1. The van der Waals surface area contributed by atoms with Crippen molar-refractivity contribution in [3.05, 3.63) is 65.2 Å². The number of amides is 1. The predicted octanol–water partition coefficient (Wildman–Crippen LogP) is 5.97. The van der Waals surface area contributed by atoms with Crippen molar-refractivity contribution in [1.29, 1.82) is 5.41 Å². The summed E-state index contributed by atoms with van der Waals surface area (Å²) < 4.78 is 1.91. The lowest BCUT2D eigenvalue weighted by Crippen LogP contribution is -2.50. The molecule has 0 saturated carbocycles. The molecule has 2 aliphatic rings. The van der Waals surface area contributed by atoms with Crippen molar-refractivity contribution in [2.45, 2.75) is 94.2 Å². The predicted molar refractivity (Wildman–Crippen MR) is 141 cm³/mol. The second-order valence-electron chi connectivity index (χ2n) is 10.3. The molecule has 1 fully saturated rings.